The Balaban J connectivity index is 2.68. The third-order valence-corrected chi connectivity index (χ3v) is 3.93. The summed E-state index contributed by atoms with van der Waals surface area (Å²) in [4.78, 5) is 0. The number of benzene rings is 1. The molecule has 0 aliphatic carbocycles. The first-order valence-electron chi connectivity index (χ1n) is 5.34. The molecule has 0 atom stereocenters. The Morgan fingerprint density at radius 2 is 1.82 bits per heavy atom. The molecule has 1 rings (SSSR count). The zero-order valence-electron chi connectivity index (χ0n) is 9.90. The quantitative estimate of drug-likeness (QED) is 0.685. The van der Waals surface area contributed by atoms with E-state index >= 15 is 0 Å². The van der Waals surface area contributed by atoms with Crippen LogP contribution in [0.4, 0.5) is 0 Å². The molecule has 96 valence electrons. The van der Waals surface area contributed by atoms with Crippen molar-refractivity contribution in [3.63, 3.8) is 0 Å². The second-order valence-corrected chi connectivity index (χ2v) is 5.91. The number of aromatic hydroxyl groups is 2. The molecule has 0 aliphatic heterocycles. The predicted octanol–water partition coefficient (Wildman–Crippen LogP) is 0.888. The van der Waals surface area contributed by atoms with Gasteiger partial charge < -0.3 is 10.2 Å². The molecule has 0 aliphatic rings. The van der Waals surface area contributed by atoms with Crippen LogP contribution >= 0.6 is 0 Å². The summed E-state index contributed by atoms with van der Waals surface area (Å²) in [6, 6.07) is 2.91. The van der Waals surface area contributed by atoms with E-state index < -0.39 is 10.0 Å². The molecule has 3 N–H and O–H groups in total. The lowest BCUT2D eigenvalue weighted by Gasteiger charge is -2.09. The molecule has 0 bridgehead atoms. The number of hydrogen-bond acceptors (Lipinski definition) is 4. The summed E-state index contributed by atoms with van der Waals surface area (Å²) in [5, 5.41) is 18.6. The van der Waals surface area contributed by atoms with Crippen molar-refractivity contribution in [2.45, 2.75) is 20.3 Å². The van der Waals surface area contributed by atoms with E-state index in [1.807, 2.05) is 0 Å². The molecule has 1 aromatic carbocycles. The molecule has 5 nitrogen and oxygen atoms in total. The normalized spacial score (nSPS) is 11.6. The van der Waals surface area contributed by atoms with Crippen molar-refractivity contribution >= 4 is 10.0 Å². The van der Waals surface area contributed by atoms with Crippen LogP contribution in [-0.4, -0.2) is 30.9 Å². The van der Waals surface area contributed by atoms with E-state index in [4.69, 9.17) is 0 Å². The Morgan fingerprint density at radius 1 is 1.24 bits per heavy atom. The molecule has 0 radical (unpaired) electrons. The van der Waals surface area contributed by atoms with Crippen LogP contribution < -0.4 is 4.72 Å². The molecule has 6 heteroatoms. The van der Waals surface area contributed by atoms with Gasteiger partial charge in [0.2, 0.25) is 10.0 Å². The minimum Gasteiger partial charge on any atom is -0.504 e. The standard InChI is InChI=1S/C11H17NO4S/c1-3-17(15,16)12-5-4-9-7-11(14)10(13)6-8(9)2/h6-7,12-14H,3-5H2,1-2H3. The topological polar surface area (TPSA) is 86.6 Å². The van der Waals surface area contributed by atoms with Gasteiger partial charge in [0, 0.05) is 6.54 Å². The van der Waals surface area contributed by atoms with Crippen LogP contribution in [0.5, 0.6) is 11.5 Å². The Labute approximate surface area is 101 Å². The predicted molar refractivity (Wildman–Crippen MR) is 65.7 cm³/mol. The summed E-state index contributed by atoms with van der Waals surface area (Å²) < 4.78 is 24.8. The summed E-state index contributed by atoms with van der Waals surface area (Å²) in [6.07, 6.45) is 0.471. The lowest BCUT2D eigenvalue weighted by molar-refractivity contribution is 0.402. The van der Waals surface area contributed by atoms with E-state index in [-0.39, 0.29) is 23.8 Å². The third-order valence-electron chi connectivity index (χ3n) is 2.53. The Kier molecular flexibility index (Phi) is 4.36. The van der Waals surface area contributed by atoms with Crippen LogP contribution in [0, 0.1) is 6.92 Å². The monoisotopic (exact) mass is 259 g/mol. The molecule has 0 spiro atoms. The summed E-state index contributed by atoms with van der Waals surface area (Å²) in [7, 11) is -3.18. The van der Waals surface area contributed by atoms with Gasteiger partial charge in [-0.05, 0) is 43.5 Å². The minimum absolute atomic E-state index is 0.0484. The van der Waals surface area contributed by atoms with E-state index in [1.54, 1.807) is 13.8 Å². The lowest BCUT2D eigenvalue weighted by Crippen LogP contribution is -2.27. The number of sulfonamides is 1. The van der Waals surface area contributed by atoms with Gasteiger partial charge in [0.25, 0.3) is 0 Å². The highest BCUT2D eigenvalue weighted by atomic mass is 32.2. The molecule has 0 fully saturated rings. The lowest BCUT2D eigenvalue weighted by atomic mass is 10.1. The van der Waals surface area contributed by atoms with Gasteiger partial charge in [-0.25, -0.2) is 13.1 Å². The SMILES string of the molecule is CCS(=O)(=O)NCCc1cc(O)c(O)cc1C. The van der Waals surface area contributed by atoms with Gasteiger partial charge in [-0.3, -0.25) is 0 Å². The fourth-order valence-electron chi connectivity index (χ4n) is 1.44. The van der Waals surface area contributed by atoms with Crippen molar-refractivity contribution in [2.24, 2.45) is 0 Å². The van der Waals surface area contributed by atoms with Crippen LogP contribution in [0.1, 0.15) is 18.1 Å². The van der Waals surface area contributed by atoms with Gasteiger partial charge in [-0.15, -0.1) is 0 Å². The van der Waals surface area contributed by atoms with Gasteiger partial charge in [-0.2, -0.15) is 0 Å². The zero-order chi connectivity index (χ0) is 13.1. The van der Waals surface area contributed by atoms with Crippen molar-refractivity contribution in [3.8, 4) is 11.5 Å². The molecule has 17 heavy (non-hydrogen) atoms. The van der Waals surface area contributed by atoms with E-state index in [1.165, 1.54) is 12.1 Å². The number of hydrogen-bond donors (Lipinski definition) is 3. The zero-order valence-corrected chi connectivity index (χ0v) is 10.7. The van der Waals surface area contributed by atoms with Crippen LogP contribution in [0.15, 0.2) is 12.1 Å². The van der Waals surface area contributed by atoms with E-state index in [0.29, 0.717) is 6.42 Å². The van der Waals surface area contributed by atoms with E-state index in [0.717, 1.165) is 11.1 Å². The maximum absolute atomic E-state index is 11.2. The fourth-order valence-corrected chi connectivity index (χ4v) is 2.05. The van der Waals surface area contributed by atoms with Crippen molar-refractivity contribution < 1.29 is 18.6 Å². The molecule has 0 saturated carbocycles. The second-order valence-electron chi connectivity index (χ2n) is 3.82. The van der Waals surface area contributed by atoms with Crippen molar-refractivity contribution in [1.29, 1.82) is 0 Å². The van der Waals surface area contributed by atoms with Crippen LogP contribution in [0.2, 0.25) is 0 Å². The smallest absolute Gasteiger partial charge is 0.211 e. The van der Waals surface area contributed by atoms with Crippen molar-refractivity contribution in [1.82, 2.24) is 4.72 Å². The first kappa shape index (κ1) is 13.8. The van der Waals surface area contributed by atoms with Crippen molar-refractivity contribution in [2.75, 3.05) is 12.3 Å². The average molecular weight is 259 g/mol. The van der Waals surface area contributed by atoms with Gasteiger partial charge in [0.15, 0.2) is 11.5 Å². The summed E-state index contributed by atoms with van der Waals surface area (Å²) in [5.41, 5.74) is 1.62. The fraction of sp³-hybridized carbons (Fsp3) is 0.455. The second kappa shape index (κ2) is 5.37. The Bertz CT molecular complexity index is 496. The number of nitrogens with one attached hydrogen (secondary N) is 1. The molecule has 0 unspecified atom stereocenters. The molecule has 0 amide bonds. The summed E-state index contributed by atoms with van der Waals surface area (Å²) in [6.45, 7) is 3.64. The maximum atomic E-state index is 11.2. The average Bonchev–Trinajstić information content (AvgIpc) is 2.25. The van der Waals surface area contributed by atoms with Gasteiger partial charge in [0.05, 0.1) is 5.75 Å². The van der Waals surface area contributed by atoms with E-state index in [2.05, 4.69) is 4.72 Å². The van der Waals surface area contributed by atoms with Crippen LogP contribution in [0.25, 0.3) is 0 Å². The molecule has 1 aromatic rings. The highest BCUT2D eigenvalue weighted by molar-refractivity contribution is 7.89. The number of rotatable bonds is 5. The summed E-state index contributed by atoms with van der Waals surface area (Å²) >= 11 is 0. The number of aryl methyl sites for hydroxylation is 1. The maximum Gasteiger partial charge on any atom is 0.211 e. The van der Waals surface area contributed by atoms with E-state index in [9.17, 15) is 18.6 Å². The highest BCUT2D eigenvalue weighted by Crippen LogP contribution is 2.27. The molecule has 0 aromatic heterocycles. The molecular formula is C11H17NO4S. The van der Waals surface area contributed by atoms with Crippen LogP contribution in [-0.2, 0) is 16.4 Å². The van der Waals surface area contributed by atoms with Crippen molar-refractivity contribution in [3.05, 3.63) is 23.3 Å². The number of phenolic OH excluding ortho intramolecular Hbond substituents is 2. The van der Waals surface area contributed by atoms with Gasteiger partial charge in [0.1, 0.15) is 0 Å². The Hall–Kier alpha value is -1.27. The van der Waals surface area contributed by atoms with Gasteiger partial charge in [-0.1, -0.05) is 0 Å². The minimum atomic E-state index is -3.18. The van der Waals surface area contributed by atoms with Crippen LogP contribution in [0.3, 0.4) is 0 Å². The highest BCUT2D eigenvalue weighted by Gasteiger charge is 2.08. The Morgan fingerprint density at radius 3 is 2.41 bits per heavy atom. The first-order valence-corrected chi connectivity index (χ1v) is 6.99. The largest absolute Gasteiger partial charge is 0.504 e. The molecular weight excluding hydrogens is 242 g/mol. The van der Waals surface area contributed by atoms with Gasteiger partial charge >= 0.3 is 0 Å². The summed E-state index contributed by atoms with van der Waals surface area (Å²) in [5.74, 6) is -0.309. The first-order chi connectivity index (χ1) is 7.85. The number of phenols is 2. The third kappa shape index (κ3) is 3.90. The molecule has 0 saturated heterocycles. The molecule has 0 heterocycles.